The average Bonchev–Trinajstić information content (AvgIpc) is 2.33. The maximum absolute atomic E-state index is 11.4. The third-order valence-corrected chi connectivity index (χ3v) is 3.34. The maximum Gasteiger partial charge on any atom is 0.202 e. The molecule has 0 saturated heterocycles. The van der Waals surface area contributed by atoms with Gasteiger partial charge in [0.2, 0.25) is 11.6 Å². The molecule has 2 aliphatic heterocycles. The molecule has 0 bridgehead atoms. The van der Waals surface area contributed by atoms with Crippen LogP contribution in [0.5, 0.6) is 0 Å². The smallest absolute Gasteiger partial charge is 0.202 e. The molecule has 2 heterocycles. The minimum Gasteiger partial charge on any atom is -0.338 e. The van der Waals surface area contributed by atoms with Crippen LogP contribution in [0, 0.1) is 0 Å². The van der Waals surface area contributed by atoms with E-state index in [1.165, 1.54) is 12.2 Å². The first kappa shape index (κ1) is 14.7. The molecule has 0 saturated carbocycles. The average molecular weight is 307 g/mol. The number of Topliss-reactive ketones (excluding diaryl/α,β-unsaturated/α-hetero) is 2. The summed E-state index contributed by atoms with van der Waals surface area (Å²) in [5, 5.41) is 0.109. The van der Waals surface area contributed by atoms with Crippen LogP contribution in [0.4, 0.5) is 0 Å². The van der Waals surface area contributed by atoms with Crippen LogP contribution in [0.3, 0.4) is 0 Å². The van der Waals surface area contributed by atoms with Crippen LogP contribution in [0.1, 0.15) is 13.8 Å². The van der Waals surface area contributed by atoms with Crippen LogP contribution in [-0.2, 0) is 23.8 Å². The number of halogens is 2. The highest BCUT2D eigenvalue weighted by atomic mass is 35.5. The molecule has 0 aromatic heterocycles. The van der Waals surface area contributed by atoms with Crippen molar-refractivity contribution in [3.63, 3.8) is 0 Å². The summed E-state index contributed by atoms with van der Waals surface area (Å²) >= 11 is 11.5. The molecule has 0 amide bonds. The number of carbonyl (C=O) groups is 2. The number of ether oxygens (including phenoxy) is 3. The zero-order valence-corrected chi connectivity index (χ0v) is 11.8. The number of hydrogen-bond acceptors (Lipinski definition) is 5. The van der Waals surface area contributed by atoms with Gasteiger partial charge in [0.25, 0.3) is 0 Å². The van der Waals surface area contributed by atoms with E-state index < -0.39 is 24.8 Å². The highest BCUT2D eigenvalue weighted by Crippen LogP contribution is 2.24. The van der Waals surface area contributed by atoms with E-state index in [0.29, 0.717) is 0 Å². The molecule has 0 N–H and O–H groups in total. The van der Waals surface area contributed by atoms with Crippen LogP contribution < -0.4 is 0 Å². The van der Waals surface area contributed by atoms with Crippen molar-refractivity contribution in [1.82, 2.24) is 0 Å². The van der Waals surface area contributed by atoms with Crippen LogP contribution in [0.2, 0.25) is 0 Å². The Morgan fingerprint density at radius 1 is 0.947 bits per heavy atom. The first-order valence-corrected chi connectivity index (χ1v) is 6.43. The molecule has 104 valence electrons. The summed E-state index contributed by atoms with van der Waals surface area (Å²) in [6.45, 7) is 3.15. The fourth-order valence-electron chi connectivity index (χ4n) is 1.67. The van der Waals surface area contributed by atoms with Gasteiger partial charge in [0.1, 0.15) is 12.2 Å². The summed E-state index contributed by atoms with van der Waals surface area (Å²) in [6, 6.07) is 0. The van der Waals surface area contributed by atoms with Crippen LogP contribution >= 0.6 is 23.2 Å². The van der Waals surface area contributed by atoms with Crippen molar-refractivity contribution in [3.8, 4) is 0 Å². The summed E-state index contributed by atoms with van der Waals surface area (Å²) < 4.78 is 16.0. The van der Waals surface area contributed by atoms with E-state index in [2.05, 4.69) is 0 Å². The van der Waals surface area contributed by atoms with Crippen LogP contribution in [-0.4, -0.2) is 36.4 Å². The lowest BCUT2D eigenvalue weighted by Gasteiger charge is -2.29. The summed E-state index contributed by atoms with van der Waals surface area (Å²) in [4.78, 5) is 22.8. The summed E-state index contributed by atoms with van der Waals surface area (Å²) in [7, 11) is 0. The Labute approximate surface area is 120 Å². The number of carbonyl (C=O) groups excluding carboxylic acids is 2. The predicted octanol–water partition coefficient (Wildman–Crippen LogP) is 1.88. The molecule has 0 radical (unpaired) electrons. The van der Waals surface area contributed by atoms with E-state index in [9.17, 15) is 9.59 Å². The quantitative estimate of drug-likeness (QED) is 0.779. The highest BCUT2D eigenvalue weighted by molar-refractivity contribution is 6.43. The van der Waals surface area contributed by atoms with Gasteiger partial charge in [-0.25, -0.2) is 0 Å². The predicted molar refractivity (Wildman–Crippen MR) is 67.6 cm³/mol. The van der Waals surface area contributed by atoms with Crippen molar-refractivity contribution in [2.45, 2.75) is 38.6 Å². The van der Waals surface area contributed by atoms with Crippen molar-refractivity contribution < 1.29 is 23.8 Å². The largest absolute Gasteiger partial charge is 0.338 e. The molecule has 0 fully saturated rings. The summed E-state index contributed by atoms with van der Waals surface area (Å²) in [6.07, 6.45) is -0.349. The van der Waals surface area contributed by atoms with Gasteiger partial charge in [-0.3, -0.25) is 9.59 Å². The van der Waals surface area contributed by atoms with Crippen molar-refractivity contribution >= 4 is 34.8 Å². The highest BCUT2D eigenvalue weighted by Gasteiger charge is 2.32. The zero-order chi connectivity index (χ0) is 14.2. The fraction of sp³-hybridized carbons (Fsp3) is 0.500. The first-order chi connectivity index (χ1) is 8.88. The Kier molecular flexibility index (Phi) is 4.43. The fourth-order valence-corrected chi connectivity index (χ4v) is 2.18. The Morgan fingerprint density at radius 3 is 1.63 bits per heavy atom. The molecule has 19 heavy (non-hydrogen) atoms. The van der Waals surface area contributed by atoms with Gasteiger partial charge in [-0.05, 0) is 26.0 Å². The second kappa shape index (κ2) is 5.73. The van der Waals surface area contributed by atoms with Gasteiger partial charge < -0.3 is 14.2 Å². The molecule has 7 heteroatoms. The first-order valence-electron chi connectivity index (χ1n) is 5.68. The molecule has 5 nitrogen and oxygen atoms in total. The van der Waals surface area contributed by atoms with E-state index >= 15 is 0 Å². The Hall–Kier alpha value is -0.720. The van der Waals surface area contributed by atoms with E-state index in [4.69, 9.17) is 37.4 Å². The Morgan fingerprint density at radius 2 is 1.32 bits per heavy atom. The Balaban J connectivity index is 2.07. The number of ketones is 2. The van der Waals surface area contributed by atoms with Crippen molar-refractivity contribution in [3.05, 3.63) is 22.2 Å². The maximum atomic E-state index is 11.4. The van der Waals surface area contributed by atoms with Crippen molar-refractivity contribution in [2.75, 3.05) is 0 Å². The molecule has 4 unspecified atom stereocenters. The summed E-state index contributed by atoms with van der Waals surface area (Å²) in [5.74, 6) is -0.605. The topological polar surface area (TPSA) is 61.8 Å². The monoisotopic (exact) mass is 306 g/mol. The summed E-state index contributed by atoms with van der Waals surface area (Å²) in [5.41, 5.74) is 0. The van der Waals surface area contributed by atoms with Gasteiger partial charge in [0, 0.05) is 0 Å². The van der Waals surface area contributed by atoms with Gasteiger partial charge in [-0.1, -0.05) is 23.2 Å². The molecule has 2 rings (SSSR count). The van der Waals surface area contributed by atoms with Crippen molar-refractivity contribution in [1.29, 1.82) is 0 Å². The third-order valence-electron chi connectivity index (χ3n) is 2.72. The minimum atomic E-state index is -0.827. The van der Waals surface area contributed by atoms with E-state index in [1.54, 1.807) is 13.8 Å². The van der Waals surface area contributed by atoms with Gasteiger partial charge >= 0.3 is 0 Å². The van der Waals surface area contributed by atoms with Crippen molar-refractivity contribution in [2.24, 2.45) is 0 Å². The lowest BCUT2D eigenvalue weighted by atomic mass is 10.2. The van der Waals surface area contributed by atoms with E-state index in [-0.39, 0.29) is 21.6 Å². The second-order valence-electron chi connectivity index (χ2n) is 4.19. The lowest BCUT2D eigenvalue weighted by molar-refractivity contribution is -0.232. The van der Waals surface area contributed by atoms with Gasteiger partial charge in [-0.15, -0.1) is 0 Å². The molecule has 0 aliphatic carbocycles. The minimum absolute atomic E-state index is 0.0544. The van der Waals surface area contributed by atoms with E-state index in [0.717, 1.165) is 0 Å². The number of hydrogen-bond donors (Lipinski definition) is 0. The normalized spacial score (nSPS) is 36.0. The molecular weight excluding hydrogens is 295 g/mol. The molecule has 4 atom stereocenters. The SMILES string of the molecule is CC1OC(OC2C=C(Cl)C(=O)C(C)O2)C=C(Cl)C1=O. The lowest BCUT2D eigenvalue weighted by Crippen LogP contribution is -2.39. The van der Waals surface area contributed by atoms with Gasteiger partial charge in [-0.2, -0.15) is 0 Å². The number of rotatable bonds is 2. The molecular formula is C12H12Cl2O5. The molecule has 0 aromatic rings. The van der Waals surface area contributed by atoms with E-state index in [1.807, 2.05) is 0 Å². The Bertz CT molecular complexity index is 429. The molecule has 0 aromatic carbocycles. The van der Waals surface area contributed by atoms with Crippen LogP contribution in [0.25, 0.3) is 0 Å². The second-order valence-corrected chi connectivity index (χ2v) is 5.00. The molecule has 0 spiro atoms. The standard InChI is InChI=1S/C12H12Cl2O5/c1-5-11(15)7(13)3-9(17-5)19-10-4-8(14)12(16)6(2)18-10/h3-6,9-10H,1-2H3. The van der Waals surface area contributed by atoms with Crippen LogP contribution in [0.15, 0.2) is 22.2 Å². The van der Waals surface area contributed by atoms with Gasteiger partial charge in [0.15, 0.2) is 12.6 Å². The molecule has 2 aliphatic rings. The zero-order valence-electron chi connectivity index (χ0n) is 10.3. The van der Waals surface area contributed by atoms with Gasteiger partial charge in [0.05, 0.1) is 10.1 Å². The third kappa shape index (κ3) is 3.24.